The van der Waals surface area contributed by atoms with Gasteiger partial charge in [-0.1, -0.05) is 11.6 Å². The van der Waals surface area contributed by atoms with Gasteiger partial charge >= 0.3 is 0 Å². The fourth-order valence-electron chi connectivity index (χ4n) is 2.05. The fourth-order valence-corrected chi connectivity index (χ4v) is 2.63. The normalized spacial score (nSPS) is 12.1. The van der Waals surface area contributed by atoms with Crippen LogP contribution in [0.4, 0.5) is 5.69 Å². The lowest BCUT2D eigenvalue weighted by Gasteiger charge is -2.26. The Bertz CT molecular complexity index is 448. The van der Waals surface area contributed by atoms with Gasteiger partial charge in [0.15, 0.2) is 0 Å². The summed E-state index contributed by atoms with van der Waals surface area (Å²) in [5.74, 6) is 1.17. The number of nitrogens with one attached hydrogen (secondary N) is 1. The quantitative estimate of drug-likeness (QED) is 0.833. The maximum Gasteiger partial charge on any atom is 0.255 e. The predicted octanol–water partition coefficient (Wildman–Crippen LogP) is 3.64. The molecular formula is C16H26N2OS. The molecule has 1 amide bonds. The lowest BCUT2D eigenvalue weighted by Crippen LogP contribution is -2.35. The zero-order valence-corrected chi connectivity index (χ0v) is 14.0. The van der Waals surface area contributed by atoms with Gasteiger partial charge in [0.2, 0.25) is 0 Å². The zero-order valence-electron chi connectivity index (χ0n) is 13.2. The van der Waals surface area contributed by atoms with E-state index in [1.165, 1.54) is 0 Å². The van der Waals surface area contributed by atoms with E-state index in [2.05, 4.69) is 18.5 Å². The van der Waals surface area contributed by atoms with Crippen molar-refractivity contribution in [3.05, 3.63) is 29.3 Å². The molecule has 1 unspecified atom stereocenters. The van der Waals surface area contributed by atoms with E-state index in [4.69, 9.17) is 0 Å². The molecule has 4 heteroatoms. The van der Waals surface area contributed by atoms with E-state index in [0.29, 0.717) is 0 Å². The number of hydrogen-bond donors (Lipinski definition) is 1. The van der Waals surface area contributed by atoms with Gasteiger partial charge in [-0.25, -0.2) is 0 Å². The topological polar surface area (TPSA) is 32.3 Å². The van der Waals surface area contributed by atoms with Gasteiger partial charge in [-0.2, -0.15) is 11.8 Å². The SMILES string of the molecule is CCNc1ccc(C)cc1C(=O)N(C)C(C)CCSC. The van der Waals surface area contributed by atoms with E-state index in [9.17, 15) is 4.79 Å². The summed E-state index contributed by atoms with van der Waals surface area (Å²) in [5, 5.41) is 3.27. The lowest BCUT2D eigenvalue weighted by atomic mass is 10.1. The minimum Gasteiger partial charge on any atom is -0.385 e. The smallest absolute Gasteiger partial charge is 0.255 e. The Kier molecular flexibility index (Phi) is 6.93. The largest absolute Gasteiger partial charge is 0.385 e. The van der Waals surface area contributed by atoms with Crippen molar-refractivity contribution in [3.8, 4) is 0 Å². The third-order valence-electron chi connectivity index (χ3n) is 3.49. The number of nitrogens with zero attached hydrogens (tertiary/aromatic N) is 1. The van der Waals surface area contributed by atoms with E-state index in [1.807, 2.05) is 55.8 Å². The molecular weight excluding hydrogens is 268 g/mol. The van der Waals surface area contributed by atoms with E-state index < -0.39 is 0 Å². The van der Waals surface area contributed by atoms with Crippen LogP contribution in [0.15, 0.2) is 18.2 Å². The highest BCUT2D eigenvalue weighted by Crippen LogP contribution is 2.20. The Morgan fingerprint density at radius 2 is 2.15 bits per heavy atom. The summed E-state index contributed by atoms with van der Waals surface area (Å²) < 4.78 is 0. The van der Waals surface area contributed by atoms with Crippen molar-refractivity contribution in [1.82, 2.24) is 4.90 Å². The second-order valence-electron chi connectivity index (χ2n) is 5.13. The van der Waals surface area contributed by atoms with Crippen molar-refractivity contribution in [1.29, 1.82) is 0 Å². The molecule has 0 radical (unpaired) electrons. The molecule has 112 valence electrons. The number of aryl methyl sites for hydroxylation is 1. The van der Waals surface area contributed by atoms with Crippen molar-refractivity contribution in [3.63, 3.8) is 0 Å². The molecule has 20 heavy (non-hydrogen) atoms. The third-order valence-corrected chi connectivity index (χ3v) is 4.14. The molecule has 0 bridgehead atoms. The van der Waals surface area contributed by atoms with Crippen LogP contribution in [0.5, 0.6) is 0 Å². The third kappa shape index (κ3) is 4.44. The Balaban J connectivity index is 2.92. The van der Waals surface area contributed by atoms with Gasteiger partial charge in [0, 0.05) is 25.3 Å². The van der Waals surface area contributed by atoms with E-state index in [1.54, 1.807) is 0 Å². The lowest BCUT2D eigenvalue weighted by molar-refractivity contribution is 0.0742. The second kappa shape index (κ2) is 8.20. The fraction of sp³-hybridized carbons (Fsp3) is 0.562. The minimum absolute atomic E-state index is 0.0956. The van der Waals surface area contributed by atoms with Gasteiger partial charge in [-0.05, 0) is 51.3 Å². The van der Waals surface area contributed by atoms with Crippen LogP contribution in [0.1, 0.15) is 36.2 Å². The van der Waals surface area contributed by atoms with E-state index in [-0.39, 0.29) is 11.9 Å². The number of hydrogen-bond acceptors (Lipinski definition) is 3. The molecule has 0 saturated carbocycles. The van der Waals surface area contributed by atoms with Crippen molar-refractivity contribution in [2.24, 2.45) is 0 Å². The predicted molar refractivity (Wildman–Crippen MR) is 89.9 cm³/mol. The first-order chi connectivity index (χ1) is 9.51. The van der Waals surface area contributed by atoms with E-state index >= 15 is 0 Å². The molecule has 0 fully saturated rings. The molecule has 1 atom stereocenters. The van der Waals surface area contributed by atoms with Crippen LogP contribution in [0, 0.1) is 6.92 Å². The second-order valence-corrected chi connectivity index (χ2v) is 6.11. The molecule has 0 aromatic heterocycles. The first-order valence-electron chi connectivity index (χ1n) is 7.11. The maximum absolute atomic E-state index is 12.7. The van der Waals surface area contributed by atoms with Gasteiger partial charge < -0.3 is 10.2 Å². The highest BCUT2D eigenvalue weighted by Gasteiger charge is 2.19. The Hall–Kier alpha value is -1.16. The molecule has 0 aliphatic carbocycles. The van der Waals surface area contributed by atoms with Gasteiger partial charge in [0.05, 0.1) is 5.56 Å². The number of anilines is 1. The molecule has 0 aliphatic rings. The maximum atomic E-state index is 12.7. The van der Waals surface area contributed by atoms with Crippen LogP contribution in [0.2, 0.25) is 0 Å². The number of carbonyl (C=O) groups excluding carboxylic acids is 1. The van der Waals surface area contributed by atoms with E-state index in [0.717, 1.165) is 35.5 Å². The molecule has 0 spiro atoms. The van der Waals surface area contributed by atoms with Crippen LogP contribution < -0.4 is 5.32 Å². The number of carbonyl (C=O) groups is 1. The summed E-state index contributed by atoms with van der Waals surface area (Å²) >= 11 is 1.82. The molecule has 1 aromatic rings. The molecule has 0 heterocycles. The molecule has 1 rings (SSSR count). The van der Waals surface area contributed by atoms with Gasteiger partial charge in [-0.3, -0.25) is 4.79 Å². The first kappa shape index (κ1) is 16.9. The average molecular weight is 294 g/mol. The van der Waals surface area contributed by atoms with Gasteiger partial charge in [-0.15, -0.1) is 0 Å². The molecule has 1 N–H and O–H groups in total. The zero-order chi connectivity index (χ0) is 15.1. The Morgan fingerprint density at radius 3 is 2.75 bits per heavy atom. The summed E-state index contributed by atoms with van der Waals surface area (Å²) in [6.45, 7) is 6.98. The standard InChI is InChI=1S/C16H26N2OS/c1-6-17-15-8-7-12(2)11-14(15)16(19)18(4)13(3)9-10-20-5/h7-8,11,13,17H,6,9-10H2,1-5H3. The molecule has 0 aliphatic heterocycles. The minimum atomic E-state index is 0.0956. The summed E-state index contributed by atoms with van der Waals surface area (Å²) in [7, 11) is 1.89. The summed E-state index contributed by atoms with van der Waals surface area (Å²) in [6, 6.07) is 6.25. The van der Waals surface area contributed by atoms with Crippen LogP contribution >= 0.6 is 11.8 Å². The highest BCUT2D eigenvalue weighted by atomic mass is 32.2. The Morgan fingerprint density at radius 1 is 1.45 bits per heavy atom. The monoisotopic (exact) mass is 294 g/mol. The van der Waals surface area contributed by atoms with Crippen molar-refractivity contribution in [2.45, 2.75) is 33.2 Å². The number of rotatable bonds is 7. The van der Waals surface area contributed by atoms with Gasteiger partial charge in [0.25, 0.3) is 5.91 Å². The summed E-state index contributed by atoms with van der Waals surface area (Å²) in [4.78, 5) is 14.5. The number of thioether (sulfide) groups is 1. The number of benzene rings is 1. The van der Waals surface area contributed by atoms with Crippen LogP contribution in [0.25, 0.3) is 0 Å². The van der Waals surface area contributed by atoms with Crippen molar-refractivity contribution < 1.29 is 4.79 Å². The Labute approximate surface area is 127 Å². The summed E-state index contributed by atoms with van der Waals surface area (Å²) in [5.41, 5.74) is 2.80. The summed E-state index contributed by atoms with van der Waals surface area (Å²) in [6.07, 6.45) is 3.12. The molecule has 0 saturated heterocycles. The van der Waals surface area contributed by atoms with Gasteiger partial charge in [0.1, 0.15) is 0 Å². The highest BCUT2D eigenvalue weighted by molar-refractivity contribution is 7.98. The van der Waals surface area contributed by atoms with Crippen LogP contribution in [-0.4, -0.2) is 42.4 Å². The molecule has 1 aromatic carbocycles. The van der Waals surface area contributed by atoms with Crippen LogP contribution in [-0.2, 0) is 0 Å². The van der Waals surface area contributed by atoms with Crippen LogP contribution in [0.3, 0.4) is 0 Å². The first-order valence-corrected chi connectivity index (χ1v) is 8.51. The van der Waals surface area contributed by atoms with Crippen molar-refractivity contribution >= 4 is 23.4 Å². The van der Waals surface area contributed by atoms with Crippen molar-refractivity contribution in [2.75, 3.05) is 30.9 Å². The average Bonchev–Trinajstić information content (AvgIpc) is 2.45. The number of amides is 1. The molecule has 3 nitrogen and oxygen atoms in total.